The highest BCUT2D eigenvalue weighted by Crippen LogP contribution is 2.31. The largest absolute Gasteiger partial charge is 0.352 e. The molecule has 3 N–H and O–H groups in total. The summed E-state index contributed by atoms with van der Waals surface area (Å²) in [7, 11) is 4.13. The van der Waals surface area contributed by atoms with Gasteiger partial charge in [0.1, 0.15) is 0 Å². The molecule has 6 heteroatoms. The van der Waals surface area contributed by atoms with Crippen molar-refractivity contribution in [1.82, 2.24) is 10.2 Å². The number of nitrogens with zero attached hydrogens (tertiary/aromatic N) is 1. The van der Waals surface area contributed by atoms with Crippen LogP contribution in [0.4, 0.5) is 4.79 Å². The molecule has 27 heavy (non-hydrogen) atoms. The van der Waals surface area contributed by atoms with Crippen molar-refractivity contribution in [3.8, 4) is 0 Å². The lowest BCUT2D eigenvalue weighted by Crippen LogP contribution is -2.47. The molecule has 0 radical (unpaired) electrons. The van der Waals surface area contributed by atoms with Crippen molar-refractivity contribution in [2.45, 2.75) is 46.1 Å². The quantitative estimate of drug-likeness (QED) is 0.603. The molecule has 0 spiro atoms. The lowest BCUT2D eigenvalue weighted by atomic mass is 9.78. The van der Waals surface area contributed by atoms with Crippen LogP contribution in [0.5, 0.6) is 0 Å². The van der Waals surface area contributed by atoms with Crippen molar-refractivity contribution < 1.29 is 9.59 Å². The highest BCUT2D eigenvalue weighted by Gasteiger charge is 2.30. The first-order chi connectivity index (χ1) is 12.6. The predicted molar refractivity (Wildman–Crippen MR) is 115 cm³/mol. The molecule has 0 heterocycles. The molecule has 0 aliphatic heterocycles. The van der Waals surface area contributed by atoms with Gasteiger partial charge in [0.05, 0.1) is 0 Å². The molecule has 0 saturated carbocycles. The minimum absolute atomic E-state index is 0.0488. The van der Waals surface area contributed by atoms with Gasteiger partial charge >= 0.3 is 6.03 Å². The van der Waals surface area contributed by atoms with Gasteiger partial charge in [-0.15, -0.1) is 0 Å². The van der Waals surface area contributed by atoms with Crippen LogP contribution in [0.25, 0.3) is 0 Å². The van der Waals surface area contributed by atoms with E-state index in [0.29, 0.717) is 5.75 Å². The molecule has 1 rings (SSSR count). The lowest BCUT2D eigenvalue weighted by Gasteiger charge is -2.35. The van der Waals surface area contributed by atoms with E-state index in [1.54, 1.807) is 6.92 Å². The number of nitrogens with one attached hydrogen (secondary N) is 1. The smallest absolute Gasteiger partial charge is 0.312 e. The van der Waals surface area contributed by atoms with E-state index >= 15 is 0 Å². The molecule has 0 aliphatic carbocycles. The maximum atomic E-state index is 11.7. The van der Waals surface area contributed by atoms with Gasteiger partial charge in [-0.25, -0.2) is 4.79 Å². The summed E-state index contributed by atoms with van der Waals surface area (Å²) in [6, 6.07) is 9.62. The highest BCUT2D eigenvalue weighted by molar-refractivity contribution is 8.13. The number of benzene rings is 1. The number of hydrogen-bond donors (Lipinski definition) is 2. The van der Waals surface area contributed by atoms with Crippen LogP contribution in [0.15, 0.2) is 30.3 Å². The molecular weight excluding hydrogens is 358 g/mol. The summed E-state index contributed by atoms with van der Waals surface area (Å²) in [6.45, 7) is 7.03. The summed E-state index contributed by atoms with van der Waals surface area (Å²) in [4.78, 5) is 25.4. The van der Waals surface area contributed by atoms with E-state index in [2.05, 4.69) is 50.3 Å². The third-order valence-corrected chi connectivity index (χ3v) is 5.75. The Hall–Kier alpha value is -1.53. The van der Waals surface area contributed by atoms with Crippen molar-refractivity contribution >= 4 is 22.9 Å². The van der Waals surface area contributed by atoms with E-state index in [0.717, 1.165) is 25.8 Å². The van der Waals surface area contributed by atoms with Crippen molar-refractivity contribution in [2.75, 3.05) is 26.4 Å². The average Bonchev–Trinajstić information content (AvgIpc) is 2.56. The third kappa shape index (κ3) is 10.4. The Kier molecular flexibility index (Phi) is 9.88. The number of hydrogen-bond acceptors (Lipinski definition) is 4. The Balaban J connectivity index is 2.98. The molecule has 0 saturated heterocycles. The van der Waals surface area contributed by atoms with Gasteiger partial charge in [-0.1, -0.05) is 55.9 Å². The predicted octanol–water partition coefficient (Wildman–Crippen LogP) is 3.53. The molecule has 5 nitrogen and oxygen atoms in total. The molecule has 0 aromatic heterocycles. The van der Waals surface area contributed by atoms with Gasteiger partial charge in [-0.05, 0) is 56.8 Å². The standard InChI is InChI=1S/C21H35N3O2S/c1-16(25)27-15-18(13-17-9-7-6-8-10-17)19(23-20(22)26)14-21(2,3)11-12-24(4)5/h6-10,18-19H,11-15H2,1-5H3,(H3,22,23,26)/t18-,19?/m1/s1. The van der Waals surface area contributed by atoms with Crippen molar-refractivity contribution in [3.05, 3.63) is 35.9 Å². The van der Waals surface area contributed by atoms with Gasteiger partial charge in [-0.3, -0.25) is 4.79 Å². The number of carbonyl (C=O) groups excluding carboxylic acids is 2. The molecule has 1 aromatic carbocycles. The number of thioether (sulfide) groups is 1. The second-order valence-electron chi connectivity index (χ2n) is 8.29. The SMILES string of the molecule is CC(=O)SC[C@@H](Cc1ccccc1)C(CC(C)(C)CCN(C)C)NC(N)=O. The first-order valence-corrected chi connectivity index (χ1v) is 10.5. The number of rotatable bonds is 11. The topological polar surface area (TPSA) is 75.4 Å². The van der Waals surface area contributed by atoms with Gasteiger partial charge in [0.15, 0.2) is 5.12 Å². The Bertz CT molecular complexity index is 590. The average molecular weight is 394 g/mol. The maximum Gasteiger partial charge on any atom is 0.312 e. The number of carbonyl (C=O) groups is 2. The van der Waals surface area contributed by atoms with E-state index in [9.17, 15) is 9.59 Å². The zero-order valence-electron chi connectivity index (χ0n) is 17.3. The fourth-order valence-electron chi connectivity index (χ4n) is 3.20. The lowest BCUT2D eigenvalue weighted by molar-refractivity contribution is -0.109. The molecule has 152 valence electrons. The van der Waals surface area contributed by atoms with Crippen LogP contribution in [0, 0.1) is 11.3 Å². The summed E-state index contributed by atoms with van der Waals surface area (Å²) in [5, 5.41) is 3.06. The van der Waals surface area contributed by atoms with Gasteiger partial charge in [0.25, 0.3) is 0 Å². The third-order valence-electron chi connectivity index (χ3n) is 4.75. The number of nitrogens with two attached hydrogens (primary N) is 1. The molecule has 0 fully saturated rings. The van der Waals surface area contributed by atoms with E-state index < -0.39 is 6.03 Å². The van der Waals surface area contributed by atoms with Crippen LogP contribution in [-0.2, 0) is 11.2 Å². The normalized spacial score (nSPS) is 14.0. The first kappa shape index (κ1) is 23.5. The molecule has 0 bridgehead atoms. The Morgan fingerprint density at radius 3 is 2.37 bits per heavy atom. The van der Waals surface area contributed by atoms with Crippen LogP contribution in [-0.4, -0.2) is 48.5 Å². The zero-order valence-corrected chi connectivity index (χ0v) is 18.1. The summed E-state index contributed by atoms with van der Waals surface area (Å²) in [5.74, 6) is 0.797. The van der Waals surface area contributed by atoms with Crippen molar-refractivity contribution in [2.24, 2.45) is 17.1 Å². The second-order valence-corrected chi connectivity index (χ2v) is 9.49. The minimum atomic E-state index is -0.505. The minimum Gasteiger partial charge on any atom is -0.352 e. The Morgan fingerprint density at radius 1 is 1.22 bits per heavy atom. The van der Waals surface area contributed by atoms with Crippen LogP contribution >= 0.6 is 11.8 Å². The van der Waals surface area contributed by atoms with E-state index in [1.807, 2.05) is 18.2 Å². The molecule has 0 aliphatic rings. The molecule has 1 unspecified atom stereocenters. The van der Waals surface area contributed by atoms with Gasteiger partial charge in [0.2, 0.25) is 0 Å². The van der Waals surface area contributed by atoms with Crippen LogP contribution < -0.4 is 11.1 Å². The van der Waals surface area contributed by atoms with E-state index in [1.165, 1.54) is 17.3 Å². The Labute approximate surface area is 168 Å². The monoisotopic (exact) mass is 393 g/mol. The maximum absolute atomic E-state index is 11.7. The fraction of sp³-hybridized carbons (Fsp3) is 0.619. The van der Waals surface area contributed by atoms with Gasteiger partial charge < -0.3 is 16.0 Å². The van der Waals surface area contributed by atoms with Crippen molar-refractivity contribution in [1.29, 1.82) is 0 Å². The molecule has 2 amide bonds. The first-order valence-electron chi connectivity index (χ1n) is 9.47. The molecule has 2 atom stereocenters. The van der Waals surface area contributed by atoms with Crippen molar-refractivity contribution in [3.63, 3.8) is 0 Å². The van der Waals surface area contributed by atoms with Crippen LogP contribution in [0.3, 0.4) is 0 Å². The van der Waals surface area contributed by atoms with E-state index in [-0.39, 0.29) is 22.5 Å². The summed E-state index contributed by atoms with van der Waals surface area (Å²) >= 11 is 1.32. The summed E-state index contributed by atoms with van der Waals surface area (Å²) in [6.07, 6.45) is 2.64. The zero-order chi connectivity index (χ0) is 20.4. The van der Waals surface area contributed by atoms with Gasteiger partial charge in [0, 0.05) is 18.7 Å². The van der Waals surface area contributed by atoms with E-state index in [4.69, 9.17) is 5.73 Å². The van der Waals surface area contributed by atoms with Crippen LogP contribution in [0.1, 0.15) is 39.2 Å². The van der Waals surface area contributed by atoms with Crippen LogP contribution in [0.2, 0.25) is 0 Å². The number of amides is 2. The fourth-order valence-corrected chi connectivity index (χ4v) is 4.00. The number of urea groups is 1. The summed E-state index contributed by atoms with van der Waals surface area (Å²) in [5.41, 5.74) is 6.74. The number of primary amides is 1. The second kappa shape index (κ2) is 11.3. The Morgan fingerprint density at radius 2 is 1.85 bits per heavy atom. The summed E-state index contributed by atoms with van der Waals surface area (Å²) < 4.78 is 0. The van der Waals surface area contributed by atoms with Gasteiger partial charge in [-0.2, -0.15) is 0 Å². The molecular formula is C21H35N3O2S. The molecule has 1 aromatic rings. The highest BCUT2D eigenvalue weighted by atomic mass is 32.2.